The molecule has 0 heterocycles. The Bertz CT molecular complexity index is 716. The summed E-state index contributed by atoms with van der Waals surface area (Å²) in [4.78, 5) is 11.4. The van der Waals surface area contributed by atoms with Crippen molar-refractivity contribution < 1.29 is 4.79 Å². The zero-order chi connectivity index (χ0) is 14.7. The highest BCUT2D eigenvalue weighted by Gasteiger charge is 2.13. The number of para-hydroxylation sites is 1. The van der Waals surface area contributed by atoms with E-state index in [-0.39, 0.29) is 5.56 Å². The maximum absolute atomic E-state index is 11.4. The molecule has 2 aromatic carbocycles. The van der Waals surface area contributed by atoms with Gasteiger partial charge in [-0.1, -0.05) is 18.2 Å². The van der Waals surface area contributed by atoms with Crippen molar-refractivity contribution in [3.05, 3.63) is 53.1 Å². The number of nitrogens with one attached hydrogen (secondary N) is 1. The van der Waals surface area contributed by atoms with Gasteiger partial charge in [0.05, 0.1) is 28.2 Å². The number of nitrogens with zero attached hydrogens (tertiary/aromatic N) is 1. The monoisotopic (exact) mass is 266 g/mol. The van der Waals surface area contributed by atoms with E-state index >= 15 is 0 Å². The minimum absolute atomic E-state index is 0.287. The molecule has 0 spiro atoms. The van der Waals surface area contributed by atoms with Gasteiger partial charge in [-0.15, -0.1) is 0 Å². The van der Waals surface area contributed by atoms with Crippen molar-refractivity contribution in [3.8, 4) is 6.07 Å². The Kier molecular flexibility index (Phi) is 3.58. The van der Waals surface area contributed by atoms with Crippen molar-refractivity contribution in [2.45, 2.75) is 6.92 Å². The molecule has 0 aliphatic rings. The fraction of sp³-hybridized carbons (Fsp3) is 0.0667. The van der Waals surface area contributed by atoms with Crippen molar-refractivity contribution in [2.24, 2.45) is 5.73 Å². The first-order valence-electron chi connectivity index (χ1n) is 5.99. The quantitative estimate of drug-likeness (QED) is 0.741. The highest BCUT2D eigenvalue weighted by Crippen LogP contribution is 2.29. The van der Waals surface area contributed by atoms with Crippen molar-refractivity contribution in [3.63, 3.8) is 0 Å². The standard InChI is InChI=1S/C15H14N4O/c1-9-4-2-7-13(11(9)8-16)19-14-10(15(18)20)5-3-6-12(14)17/h2-7,19H,17H2,1H3,(H2,18,20). The summed E-state index contributed by atoms with van der Waals surface area (Å²) in [5, 5.41) is 12.2. The molecule has 0 unspecified atom stereocenters. The molecule has 20 heavy (non-hydrogen) atoms. The largest absolute Gasteiger partial charge is 0.397 e. The summed E-state index contributed by atoms with van der Waals surface area (Å²) in [6.45, 7) is 1.84. The molecule has 0 aromatic heterocycles. The second-order valence-electron chi connectivity index (χ2n) is 4.37. The summed E-state index contributed by atoms with van der Waals surface area (Å²) in [7, 11) is 0. The molecule has 0 atom stereocenters. The van der Waals surface area contributed by atoms with Gasteiger partial charge in [-0.25, -0.2) is 0 Å². The van der Waals surface area contributed by atoms with Gasteiger partial charge >= 0.3 is 0 Å². The van der Waals surface area contributed by atoms with Gasteiger partial charge in [-0.2, -0.15) is 5.26 Å². The first-order chi connectivity index (χ1) is 9.54. The van der Waals surface area contributed by atoms with Crippen LogP contribution in [0, 0.1) is 18.3 Å². The van der Waals surface area contributed by atoms with E-state index in [4.69, 9.17) is 11.5 Å². The number of amides is 1. The van der Waals surface area contributed by atoms with Crippen LogP contribution >= 0.6 is 0 Å². The van der Waals surface area contributed by atoms with Crippen LogP contribution in [0.3, 0.4) is 0 Å². The molecule has 0 saturated heterocycles. The van der Waals surface area contributed by atoms with Crippen LogP contribution in [0.2, 0.25) is 0 Å². The molecule has 5 nitrogen and oxygen atoms in total. The zero-order valence-electron chi connectivity index (χ0n) is 11.0. The number of benzene rings is 2. The number of anilines is 3. The average Bonchev–Trinajstić information content (AvgIpc) is 2.41. The summed E-state index contributed by atoms with van der Waals surface area (Å²) in [6, 6.07) is 12.5. The van der Waals surface area contributed by atoms with Gasteiger partial charge in [-0.3, -0.25) is 4.79 Å². The van der Waals surface area contributed by atoms with Crippen LogP contribution in [0.15, 0.2) is 36.4 Å². The Morgan fingerprint density at radius 2 is 1.95 bits per heavy atom. The maximum atomic E-state index is 11.4. The second kappa shape index (κ2) is 5.33. The first kappa shape index (κ1) is 13.4. The number of hydrogen-bond acceptors (Lipinski definition) is 4. The summed E-state index contributed by atoms with van der Waals surface area (Å²) in [5.74, 6) is -0.578. The molecule has 0 aliphatic carbocycles. The van der Waals surface area contributed by atoms with E-state index < -0.39 is 5.91 Å². The van der Waals surface area contributed by atoms with Crippen LogP contribution in [0.5, 0.6) is 0 Å². The van der Waals surface area contributed by atoms with Gasteiger partial charge in [0.1, 0.15) is 6.07 Å². The van der Waals surface area contributed by atoms with E-state index in [9.17, 15) is 10.1 Å². The van der Waals surface area contributed by atoms with Gasteiger partial charge in [0.15, 0.2) is 0 Å². The third kappa shape index (κ3) is 2.40. The summed E-state index contributed by atoms with van der Waals surface area (Å²) in [5.41, 5.74) is 14.3. The predicted octanol–water partition coefficient (Wildman–Crippen LogP) is 2.29. The van der Waals surface area contributed by atoms with E-state index in [1.165, 1.54) is 0 Å². The van der Waals surface area contributed by atoms with Crippen LogP contribution < -0.4 is 16.8 Å². The zero-order valence-corrected chi connectivity index (χ0v) is 11.0. The van der Waals surface area contributed by atoms with E-state index in [0.29, 0.717) is 22.6 Å². The predicted molar refractivity (Wildman–Crippen MR) is 78.5 cm³/mol. The second-order valence-corrected chi connectivity index (χ2v) is 4.37. The topological polar surface area (TPSA) is 105 Å². The lowest BCUT2D eigenvalue weighted by atomic mass is 10.1. The SMILES string of the molecule is Cc1cccc(Nc2c(N)cccc2C(N)=O)c1C#N. The highest BCUT2D eigenvalue weighted by atomic mass is 16.1. The molecule has 5 heteroatoms. The molecule has 2 rings (SSSR count). The Morgan fingerprint density at radius 3 is 2.60 bits per heavy atom. The van der Waals surface area contributed by atoms with E-state index in [2.05, 4.69) is 11.4 Å². The molecule has 5 N–H and O–H groups in total. The maximum Gasteiger partial charge on any atom is 0.250 e. The van der Waals surface area contributed by atoms with Gasteiger partial charge < -0.3 is 16.8 Å². The molecular weight excluding hydrogens is 252 g/mol. The van der Waals surface area contributed by atoms with Gasteiger partial charge in [0, 0.05) is 0 Å². The minimum Gasteiger partial charge on any atom is -0.397 e. The van der Waals surface area contributed by atoms with E-state index in [1.807, 2.05) is 19.1 Å². The molecule has 100 valence electrons. The van der Waals surface area contributed by atoms with Crippen molar-refractivity contribution in [1.82, 2.24) is 0 Å². The number of nitriles is 1. The fourth-order valence-electron chi connectivity index (χ4n) is 1.97. The van der Waals surface area contributed by atoms with Crippen LogP contribution in [0.4, 0.5) is 17.1 Å². The average molecular weight is 266 g/mol. The third-order valence-electron chi connectivity index (χ3n) is 3.01. The lowest BCUT2D eigenvalue weighted by molar-refractivity contribution is 0.100. The van der Waals surface area contributed by atoms with Crippen LogP contribution in [-0.4, -0.2) is 5.91 Å². The molecular formula is C15H14N4O. The molecule has 0 radical (unpaired) electrons. The number of aryl methyl sites for hydroxylation is 1. The molecule has 0 bridgehead atoms. The van der Waals surface area contributed by atoms with Gasteiger partial charge in [0.25, 0.3) is 5.91 Å². The van der Waals surface area contributed by atoms with E-state index in [0.717, 1.165) is 5.56 Å². The molecule has 0 aliphatic heterocycles. The number of carbonyl (C=O) groups excluding carboxylic acids is 1. The normalized spacial score (nSPS) is 9.80. The van der Waals surface area contributed by atoms with Crippen LogP contribution in [0.25, 0.3) is 0 Å². The third-order valence-corrected chi connectivity index (χ3v) is 3.01. The summed E-state index contributed by atoms with van der Waals surface area (Å²) in [6.07, 6.45) is 0. The van der Waals surface area contributed by atoms with Crippen molar-refractivity contribution >= 4 is 23.0 Å². The van der Waals surface area contributed by atoms with Gasteiger partial charge in [-0.05, 0) is 30.7 Å². The lowest BCUT2D eigenvalue weighted by Crippen LogP contribution is -2.14. The Balaban J connectivity index is 2.54. The van der Waals surface area contributed by atoms with Crippen molar-refractivity contribution in [2.75, 3.05) is 11.1 Å². The summed E-state index contributed by atoms with van der Waals surface area (Å²) >= 11 is 0. The summed E-state index contributed by atoms with van der Waals surface area (Å²) < 4.78 is 0. The molecule has 0 saturated carbocycles. The van der Waals surface area contributed by atoms with Crippen LogP contribution in [-0.2, 0) is 0 Å². The number of rotatable bonds is 3. The highest BCUT2D eigenvalue weighted by molar-refractivity contribution is 6.02. The minimum atomic E-state index is -0.578. The Morgan fingerprint density at radius 1 is 1.25 bits per heavy atom. The van der Waals surface area contributed by atoms with Gasteiger partial charge in [0.2, 0.25) is 0 Å². The van der Waals surface area contributed by atoms with E-state index in [1.54, 1.807) is 24.3 Å². The first-order valence-corrected chi connectivity index (χ1v) is 5.99. The Hall–Kier alpha value is -3.00. The van der Waals surface area contributed by atoms with Crippen LogP contribution in [0.1, 0.15) is 21.5 Å². The fourth-order valence-corrected chi connectivity index (χ4v) is 1.97. The smallest absolute Gasteiger partial charge is 0.250 e. The molecule has 0 fully saturated rings. The Labute approximate surface area is 116 Å². The number of nitrogens with two attached hydrogens (primary N) is 2. The number of hydrogen-bond donors (Lipinski definition) is 3. The molecule has 2 aromatic rings. The molecule has 1 amide bonds. The van der Waals surface area contributed by atoms with Crippen molar-refractivity contribution in [1.29, 1.82) is 5.26 Å². The number of primary amides is 1. The number of nitrogen functional groups attached to an aromatic ring is 1. The lowest BCUT2D eigenvalue weighted by Gasteiger charge is -2.14. The number of carbonyl (C=O) groups is 1.